The van der Waals surface area contributed by atoms with Crippen molar-refractivity contribution >= 4 is 26.8 Å². The van der Waals surface area contributed by atoms with Gasteiger partial charge in [0.2, 0.25) is 0 Å². The molecule has 1 unspecified atom stereocenters. The summed E-state index contributed by atoms with van der Waals surface area (Å²) in [6.07, 6.45) is 9.33. The predicted octanol–water partition coefficient (Wildman–Crippen LogP) is 5.55. The van der Waals surface area contributed by atoms with Gasteiger partial charge in [0.25, 0.3) is 0 Å². The maximum atomic E-state index is 3.55. The second-order valence-electron chi connectivity index (χ2n) is 5.56. The van der Waals surface area contributed by atoms with Crippen molar-refractivity contribution in [1.29, 1.82) is 0 Å². The first-order valence-electron chi connectivity index (χ1n) is 7.02. The summed E-state index contributed by atoms with van der Waals surface area (Å²) in [5, 5.41) is 1.34. The van der Waals surface area contributed by atoms with Crippen LogP contribution in [0.4, 0.5) is 0 Å². The van der Waals surface area contributed by atoms with Gasteiger partial charge in [-0.25, -0.2) is 0 Å². The number of halogens is 1. The van der Waals surface area contributed by atoms with E-state index in [2.05, 4.69) is 57.9 Å². The summed E-state index contributed by atoms with van der Waals surface area (Å²) in [7, 11) is 0. The molecule has 1 aromatic carbocycles. The Morgan fingerprint density at radius 1 is 1.17 bits per heavy atom. The Kier molecular flexibility index (Phi) is 3.47. The summed E-state index contributed by atoms with van der Waals surface area (Å²) in [6, 6.07) is 9.45. The van der Waals surface area contributed by atoms with Crippen LogP contribution in [0.3, 0.4) is 0 Å². The second-order valence-corrected chi connectivity index (χ2v) is 6.48. The molecule has 1 aliphatic carbocycles. The summed E-state index contributed by atoms with van der Waals surface area (Å²) in [4.78, 5) is 0. The highest BCUT2D eigenvalue weighted by Gasteiger charge is 2.21. The molecule has 0 N–H and O–H groups in total. The molecule has 0 bridgehead atoms. The number of nitrogens with zero attached hydrogens (tertiary/aromatic N) is 1. The van der Waals surface area contributed by atoms with Crippen molar-refractivity contribution in [3.05, 3.63) is 34.9 Å². The third-order valence-corrected chi connectivity index (χ3v) is 4.95. The molecule has 18 heavy (non-hydrogen) atoms. The Hall–Kier alpha value is -0.760. The fourth-order valence-electron chi connectivity index (χ4n) is 3.33. The molecule has 2 heteroatoms. The molecule has 1 aliphatic rings. The van der Waals surface area contributed by atoms with E-state index in [1.807, 2.05) is 0 Å². The van der Waals surface area contributed by atoms with Gasteiger partial charge in [-0.2, -0.15) is 0 Å². The normalized spacial score (nSPS) is 19.2. The van der Waals surface area contributed by atoms with E-state index in [1.165, 1.54) is 43.0 Å². The van der Waals surface area contributed by atoms with Crippen LogP contribution in [0.1, 0.15) is 45.1 Å². The number of aromatic nitrogens is 1. The highest BCUT2D eigenvalue weighted by atomic mass is 79.9. The number of hydrogen-bond donors (Lipinski definition) is 0. The average Bonchev–Trinajstić information content (AvgIpc) is 2.81. The highest BCUT2D eigenvalue weighted by molar-refractivity contribution is 9.10. The van der Waals surface area contributed by atoms with Gasteiger partial charge in [-0.3, -0.25) is 0 Å². The first-order valence-corrected chi connectivity index (χ1v) is 7.81. The van der Waals surface area contributed by atoms with Gasteiger partial charge in [-0.15, -0.1) is 0 Å². The molecule has 96 valence electrons. The standard InChI is InChI=1S/C16H20BrN/c1-12(13-5-3-2-4-6-13)18-10-9-14-11-15(17)7-8-16(14)18/h7-13H,2-6H2,1H3. The van der Waals surface area contributed by atoms with Crippen molar-refractivity contribution in [2.24, 2.45) is 5.92 Å². The van der Waals surface area contributed by atoms with Gasteiger partial charge in [0.1, 0.15) is 0 Å². The van der Waals surface area contributed by atoms with E-state index in [-0.39, 0.29) is 0 Å². The molecule has 0 spiro atoms. The first-order chi connectivity index (χ1) is 8.75. The van der Waals surface area contributed by atoms with Crippen LogP contribution in [0.2, 0.25) is 0 Å². The third-order valence-electron chi connectivity index (χ3n) is 4.45. The number of fused-ring (bicyclic) bond motifs is 1. The van der Waals surface area contributed by atoms with Crippen LogP contribution < -0.4 is 0 Å². The van der Waals surface area contributed by atoms with Gasteiger partial charge in [0.15, 0.2) is 0 Å². The van der Waals surface area contributed by atoms with Gasteiger partial charge < -0.3 is 4.57 Å². The maximum absolute atomic E-state index is 3.55. The third kappa shape index (κ3) is 2.23. The van der Waals surface area contributed by atoms with E-state index in [9.17, 15) is 0 Å². The van der Waals surface area contributed by atoms with Gasteiger partial charge in [-0.05, 0) is 49.9 Å². The summed E-state index contributed by atoms with van der Waals surface area (Å²) >= 11 is 3.55. The van der Waals surface area contributed by atoms with E-state index in [4.69, 9.17) is 0 Å². The Morgan fingerprint density at radius 2 is 1.94 bits per heavy atom. The SMILES string of the molecule is CC(C1CCCCC1)n1ccc2cc(Br)ccc21. The molecule has 1 fully saturated rings. The fourth-order valence-corrected chi connectivity index (χ4v) is 3.71. The van der Waals surface area contributed by atoms with Gasteiger partial charge in [-0.1, -0.05) is 35.2 Å². The minimum absolute atomic E-state index is 0.629. The zero-order valence-corrected chi connectivity index (χ0v) is 12.5. The maximum Gasteiger partial charge on any atom is 0.0483 e. The quantitative estimate of drug-likeness (QED) is 0.686. The van der Waals surface area contributed by atoms with E-state index >= 15 is 0 Å². The van der Waals surface area contributed by atoms with Crippen molar-refractivity contribution in [2.45, 2.75) is 45.1 Å². The monoisotopic (exact) mass is 305 g/mol. The van der Waals surface area contributed by atoms with Crippen molar-refractivity contribution in [3.8, 4) is 0 Å². The van der Waals surface area contributed by atoms with Crippen LogP contribution in [0, 0.1) is 5.92 Å². The van der Waals surface area contributed by atoms with Crippen LogP contribution in [0.5, 0.6) is 0 Å². The summed E-state index contributed by atoms with van der Waals surface area (Å²) in [5.74, 6) is 0.859. The lowest BCUT2D eigenvalue weighted by Crippen LogP contribution is -2.18. The van der Waals surface area contributed by atoms with Crippen LogP contribution in [-0.2, 0) is 0 Å². The molecule has 1 nitrogen and oxygen atoms in total. The zero-order chi connectivity index (χ0) is 12.5. The lowest BCUT2D eigenvalue weighted by Gasteiger charge is -2.29. The smallest absolute Gasteiger partial charge is 0.0483 e. The molecular weight excluding hydrogens is 286 g/mol. The van der Waals surface area contributed by atoms with E-state index in [0.29, 0.717) is 6.04 Å². The molecule has 1 aromatic heterocycles. The second kappa shape index (κ2) is 5.08. The van der Waals surface area contributed by atoms with Gasteiger partial charge in [0, 0.05) is 27.6 Å². The Morgan fingerprint density at radius 3 is 2.72 bits per heavy atom. The predicted molar refractivity (Wildman–Crippen MR) is 80.9 cm³/mol. The van der Waals surface area contributed by atoms with Crippen molar-refractivity contribution in [2.75, 3.05) is 0 Å². The van der Waals surface area contributed by atoms with E-state index in [1.54, 1.807) is 0 Å². The molecule has 3 rings (SSSR count). The molecule has 0 saturated heterocycles. The molecule has 0 aliphatic heterocycles. The molecule has 1 atom stereocenters. The molecule has 0 radical (unpaired) electrons. The lowest BCUT2D eigenvalue weighted by atomic mass is 9.84. The Balaban J connectivity index is 1.93. The van der Waals surface area contributed by atoms with Gasteiger partial charge >= 0.3 is 0 Å². The van der Waals surface area contributed by atoms with Crippen LogP contribution >= 0.6 is 15.9 Å². The largest absolute Gasteiger partial charge is 0.344 e. The molecule has 0 amide bonds. The Bertz CT molecular complexity index is 537. The minimum atomic E-state index is 0.629. The molecule has 2 aromatic rings. The van der Waals surface area contributed by atoms with E-state index in [0.717, 1.165) is 10.4 Å². The van der Waals surface area contributed by atoms with E-state index < -0.39 is 0 Å². The summed E-state index contributed by atoms with van der Waals surface area (Å²) < 4.78 is 3.63. The average molecular weight is 306 g/mol. The van der Waals surface area contributed by atoms with Crippen LogP contribution in [-0.4, -0.2) is 4.57 Å². The fraction of sp³-hybridized carbons (Fsp3) is 0.500. The van der Waals surface area contributed by atoms with Crippen molar-refractivity contribution in [3.63, 3.8) is 0 Å². The van der Waals surface area contributed by atoms with Crippen LogP contribution in [0.25, 0.3) is 10.9 Å². The summed E-state index contributed by atoms with van der Waals surface area (Å²) in [5.41, 5.74) is 1.37. The summed E-state index contributed by atoms with van der Waals surface area (Å²) in [6.45, 7) is 2.39. The minimum Gasteiger partial charge on any atom is -0.344 e. The topological polar surface area (TPSA) is 4.93 Å². The number of hydrogen-bond acceptors (Lipinski definition) is 0. The lowest BCUT2D eigenvalue weighted by molar-refractivity contribution is 0.268. The molecule has 1 heterocycles. The highest BCUT2D eigenvalue weighted by Crippen LogP contribution is 2.35. The van der Waals surface area contributed by atoms with Crippen molar-refractivity contribution < 1.29 is 0 Å². The van der Waals surface area contributed by atoms with Crippen molar-refractivity contribution in [1.82, 2.24) is 4.57 Å². The Labute approximate surface area is 117 Å². The first kappa shape index (κ1) is 12.3. The van der Waals surface area contributed by atoms with Gasteiger partial charge in [0.05, 0.1) is 0 Å². The van der Waals surface area contributed by atoms with Crippen LogP contribution in [0.15, 0.2) is 34.9 Å². The molecule has 1 saturated carbocycles. The molecular formula is C16H20BrN. The number of rotatable bonds is 2. The zero-order valence-electron chi connectivity index (χ0n) is 10.9. The number of benzene rings is 1.